The number of nitrogens with two attached hydrogens (primary N) is 1. The van der Waals surface area contributed by atoms with Crippen molar-refractivity contribution in [3.63, 3.8) is 0 Å². The summed E-state index contributed by atoms with van der Waals surface area (Å²) in [6.45, 7) is 1.17. The van der Waals surface area contributed by atoms with Gasteiger partial charge in [0.05, 0.1) is 5.69 Å². The average molecular weight is 353 g/mol. The number of benzene rings is 1. The standard InChI is InChI=1S/C16H21BrN2S/c17-13-10-12(16(18)20)7-8-15(13)19-9-3-6-14(19)11-4-1-2-5-11/h7-8,10-11,14H,1-6,9H2,(H2,18,20). The van der Waals surface area contributed by atoms with Gasteiger partial charge in [0.15, 0.2) is 0 Å². The molecule has 0 spiro atoms. The van der Waals surface area contributed by atoms with Crippen molar-refractivity contribution in [2.45, 2.75) is 44.6 Å². The Morgan fingerprint density at radius 3 is 2.60 bits per heavy atom. The van der Waals surface area contributed by atoms with Gasteiger partial charge in [-0.25, -0.2) is 0 Å². The predicted octanol–water partition coefficient (Wildman–Crippen LogP) is 4.24. The molecule has 1 unspecified atom stereocenters. The van der Waals surface area contributed by atoms with E-state index < -0.39 is 0 Å². The van der Waals surface area contributed by atoms with Crippen LogP contribution in [0, 0.1) is 5.92 Å². The number of rotatable bonds is 3. The molecule has 1 aliphatic carbocycles. The van der Waals surface area contributed by atoms with E-state index in [1.165, 1.54) is 50.8 Å². The van der Waals surface area contributed by atoms with Gasteiger partial charge in [-0.2, -0.15) is 0 Å². The van der Waals surface area contributed by atoms with Crippen molar-refractivity contribution in [2.75, 3.05) is 11.4 Å². The third kappa shape index (κ3) is 2.73. The van der Waals surface area contributed by atoms with Crippen molar-refractivity contribution >= 4 is 38.8 Å². The maximum Gasteiger partial charge on any atom is 0.104 e. The molecule has 0 aromatic heterocycles. The van der Waals surface area contributed by atoms with Gasteiger partial charge >= 0.3 is 0 Å². The first kappa shape index (κ1) is 14.3. The molecule has 0 amide bonds. The third-order valence-corrected chi connectivity index (χ3v) is 5.66. The maximum absolute atomic E-state index is 5.71. The lowest BCUT2D eigenvalue weighted by Crippen LogP contribution is -2.34. The molecule has 2 nitrogen and oxygen atoms in total. The molecular formula is C16H21BrN2S. The molecule has 2 aliphatic rings. The summed E-state index contributed by atoms with van der Waals surface area (Å²) in [4.78, 5) is 3.06. The molecule has 2 fully saturated rings. The summed E-state index contributed by atoms with van der Waals surface area (Å²) in [5, 5.41) is 0. The van der Waals surface area contributed by atoms with Crippen LogP contribution < -0.4 is 10.6 Å². The molecule has 3 rings (SSSR count). The fourth-order valence-corrected chi connectivity index (χ4v) is 4.55. The molecule has 1 aliphatic heterocycles. The van der Waals surface area contributed by atoms with E-state index in [0.29, 0.717) is 4.99 Å². The summed E-state index contributed by atoms with van der Waals surface area (Å²) in [5.74, 6) is 0.889. The highest BCUT2D eigenvalue weighted by Crippen LogP contribution is 2.40. The first-order valence-electron chi connectivity index (χ1n) is 7.53. The average Bonchev–Trinajstić information content (AvgIpc) is 3.09. The molecule has 4 heteroatoms. The van der Waals surface area contributed by atoms with Crippen molar-refractivity contribution in [3.05, 3.63) is 28.2 Å². The molecule has 1 aromatic carbocycles. The normalized spacial score (nSPS) is 23.4. The molecule has 1 atom stereocenters. The van der Waals surface area contributed by atoms with Crippen molar-refractivity contribution < 1.29 is 0 Å². The van der Waals surface area contributed by atoms with Crippen molar-refractivity contribution in [1.29, 1.82) is 0 Å². The minimum atomic E-state index is 0.464. The van der Waals surface area contributed by atoms with Gasteiger partial charge in [-0.3, -0.25) is 0 Å². The first-order chi connectivity index (χ1) is 9.66. The van der Waals surface area contributed by atoms with Crippen LogP contribution in [0.4, 0.5) is 5.69 Å². The molecule has 0 bridgehead atoms. The van der Waals surface area contributed by atoms with E-state index in [4.69, 9.17) is 18.0 Å². The monoisotopic (exact) mass is 352 g/mol. The maximum atomic E-state index is 5.71. The Morgan fingerprint density at radius 1 is 1.20 bits per heavy atom. The van der Waals surface area contributed by atoms with Crippen LogP contribution in [0.1, 0.15) is 44.1 Å². The van der Waals surface area contributed by atoms with E-state index in [1.807, 2.05) is 6.07 Å². The fraction of sp³-hybridized carbons (Fsp3) is 0.562. The smallest absolute Gasteiger partial charge is 0.104 e. The van der Waals surface area contributed by atoms with Crippen LogP contribution in [0.5, 0.6) is 0 Å². The Kier molecular flexibility index (Phi) is 4.32. The summed E-state index contributed by atoms with van der Waals surface area (Å²) in [7, 11) is 0. The number of anilines is 1. The van der Waals surface area contributed by atoms with E-state index >= 15 is 0 Å². The summed E-state index contributed by atoms with van der Waals surface area (Å²) in [6, 6.07) is 7.00. The topological polar surface area (TPSA) is 29.3 Å². The second-order valence-corrected chi connectivity index (χ2v) is 7.27. The molecular weight excluding hydrogens is 332 g/mol. The lowest BCUT2D eigenvalue weighted by atomic mass is 9.95. The highest BCUT2D eigenvalue weighted by Gasteiger charge is 2.34. The highest BCUT2D eigenvalue weighted by atomic mass is 79.9. The van der Waals surface area contributed by atoms with Crippen LogP contribution in [0.15, 0.2) is 22.7 Å². The van der Waals surface area contributed by atoms with Crippen LogP contribution in [-0.4, -0.2) is 17.6 Å². The molecule has 1 aromatic rings. The fourth-order valence-electron chi connectivity index (χ4n) is 3.82. The molecule has 20 heavy (non-hydrogen) atoms. The van der Waals surface area contributed by atoms with Crippen LogP contribution in [-0.2, 0) is 0 Å². The molecule has 1 heterocycles. The van der Waals surface area contributed by atoms with E-state index in [2.05, 4.69) is 33.0 Å². The zero-order valence-electron chi connectivity index (χ0n) is 11.6. The summed E-state index contributed by atoms with van der Waals surface area (Å²) in [6.07, 6.45) is 8.29. The van der Waals surface area contributed by atoms with Crippen molar-refractivity contribution in [2.24, 2.45) is 11.7 Å². The predicted molar refractivity (Wildman–Crippen MR) is 92.4 cm³/mol. The Hall–Kier alpha value is -0.610. The molecule has 1 saturated heterocycles. The third-order valence-electron chi connectivity index (χ3n) is 4.78. The Bertz CT molecular complexity index is 511. The summed E-state index contributed by atoms with van der Waals surface area (Å²) < 4.78 is 1.12. The van der Waals surface area contributed by atoms with E-state index in [9.17, 15) is 0 Å². The highest BCUT2D eigenvalue weighted by molar-refractivity contribution is 9.10. The van der Waals surface area contributed by atoms with Gasteiger partial charge in [-0.1, -0.05) is 25.1 Å². The second-order valence-electron chi connectivity index (χ2n) is 5.98. The summed E-state index contributed by atoms with van der Waals surface area (Å²) in [5.41, 5.74) is 7.95. The SMILES string of the molecule is NC(=S)c1ccc(N2CCCC2C2CCCC2)c(Br)c1. The van der Waals surface area contributed by atoms with Gasteiger partial charge in [0.1, 0.15) is 4.99 Å². The lowest BCUT2D eigenvalue weighted by molar-refractivity contribution is 0.430. The van der Waals surface area contributed by atoms with Gasteiger partial charge in [-0.05, 0) is 65.7 Å². The Labute approximate surface area is 134 Å². The number of hydrogen-bond donors (Lipinski definition) is 1. The zero-order valence-corrected chi connectivity index (χ0v) is 14.0. The molecule has 108 valence electrons. The minimum absolute atomic E-state index is 0.464. The first-order valence-corrected chi connectivity index (χ1v) is 8.73. The number of halogens is 1. The van der Waals surface area contributed by atoms with E-state index in [0.717, 1.165) is 22.0 Å². The van der Waals surface area contributed by atoms with Gasteiger partial charge < -0.3 is 10.6 Å². The van der Waals surface area contributed by atoms with Crippen LogP contribution in [0.25, 0.3) is 0 Å². The molecule has 0 radical (unpaired) electrons. The van der Waals surface area contributed by atoms with Crippen molar-refractivity contribution in [1.82, 2.24) is 0 Å². The van der Waals surface area contributed by atoms with Crippen molar-refractivity contribution in [3.8, 4) is 0 Å². The molecule has 2 N–H and O–H groups in total. The van der Waals surface area contributed by atoms with Crippen LogP contribution in [0.2, 0.25) is 0 Å². The second kappa shape index (κ2) is 6.02. The number of hydrogen-bond acceptors (Lipinski definition) is 2. The lowest BCUT2D eigenvalue weighted by Gasteiger charge is -2.32. The van der Waals surface area contributed by atoms with Crippen LogP contribution in [0.3, 0.4) is 0 Å². The van der Waals surface area contributed by atoms with Gasteiger partial charge in [0.25, 0.3) is 0 Å². The van der Waals surface area contributed by atoms with E-state index in [-0.39, 0.29) is 0 Å². The minimum Gasteiger partial charge on any atom is -0.389 e. The van der Waals surface area contributed by atoms with Crippen LogP contribution >= 0.6 is 28.1 Å². The quantitative estimate of drug-likeness (QED) is 0.824. The zero-order chi connectivity index (χ0) is 14.1. The number of thiocarbonyl (C=S) groups is 1. The van der Waals surface area contributed by atoms with E-state index in [1.54, 1.807) is 0 Å². The number of nitrogens with zero attached hydrogens (tertiary/aromatic N) is 1. The molecule has 1 saturated carbocycles. The van der Waals surface area contributed by atoms with Gasteiger partial charge in [0.2, 0.25) is 0 Å². The van der Waals surface area contributed by atoms with Gasteiger partial charge in [-0.15, -0.1) is 0 Å². The van der Waals surface area contributed by atoms with Gasteiger partial charge in [0, 0.05) is 22.6 Å². The Morgan fingerprint density at radius 2 is 1.95 bits per heavy atom. The summed E-state index contributed by atoms with van der Waals surface area (Å²) >= 11 is 8.76. The Balaban J connectivity index is 1.85. The largest absolute Gasteiger partial charge is 0.389 e.